The molecule has 2 aromatic carbocycles. The molecule has 0 radical (unpaired) electrons. The maximum atomic E-state index is 2.38. The van der Waals surface area contributed by atoms with Crippen LogP contribution in [0.4, 0.5) is 0 Å². The summed E-state index contributed by atoms with van der Waals surface area (Å²) in [6.45, 7) is 11.2. The first-order chi connectivity index (χ1) is 10.9. The summed E-state index contributed by atoms with van der Waals surface area (Å²) >= 11 is 0. The Kier molecular flexibility index (Phi) is 3.97. The lowest BCUT2D eigenvalue weighted by Gasteiger charge is -2.14. The van der Waals surface area contributed by atoms with Gasteiger partial charge in [-0.3, -0.25) is 0 Å². The maximum Gasteiger partial charge on any atom is 0.220 e. The van der Waals surface area contributed by atoms with Gasteiger partial charge < -0.3 is 0 Å². The SMILES string of the molecule is Cc1ccc2cc[n+](C)c(-c3cc(C(C)C)cc(C)c3C)c2c1. The van der Waals surface area contributed by atoms with Crippen LogP contribution in [0, 0.1) is 20.8 Å². The molecule has 1 heteroatoms. The Morgan fingerprint density at radius 1 is 0.913 bits per heavy atom. The van der Waals surface area contributed by atoms with Crippen molar-refractivity contribution >= 4 is 10.8 Å². The quantitative estimate of drug-likeness (QED) is 0.560. The highest BCUT2D eigenvalue weighted by Crippen LogP contribution is 2.32. The van der Waals surface area contributed by atoms with Gasteiger partial charge in [0.15, 0.2) is 6.20 Å². The van der Waals surface area contributed by atoms with E-state index in [9.17, 15) is 0 Å². The molecule has 0 fully saturated rings. The number of hydrogen-bond acceptors (Lipinski definition) is 0. The van der Waals surface area contributed by atoms with Crippen LogP contribution in [0.25, 0.3) is 22.0 Å². The van der Waals surface area contributed by atoms with Crippen LogP contribution in [-0.2, 0) is 7.05 Å². The Bertz CT molecular complexity index is 883. The van der Waals surface area contributed by atoms with Crippen LogP contribution in [0.2, 0.25) is 0 Å². The van der Waals surface area contributed by atoms with Crippen LogP contribution in [0.15, 0.2) is 42.6 Å². The minimum Gasteiger partial charge on any atom is -0.200 e. The Hall–Kier alpha value is -2.15. The molecule has 0 aliphatic rings. The van der Waals surface area contributed by atoms with Crippen LogP contribution in [0.5, 0.6) is 0 Å². The number of nitrogens with zero attached hydrogens (tertiary/aromatic N) is 1. The lowest BCUT2D eigenvalue weighted by Crippen LogP contribution is -2.31. The average Bonchev–Trinajstić information content (AvgIpc) is 2.50. The first-order valence-electron chi connectivity index (χ1n) is 8.39. The van der Waals surface area contributed by atoms with E-state index >= 15 is 0 Å². The molecule has 3 aromatic rings. The van der Waals surface area contributed by atoms with E-state index in [2.05, 4.69) is 88.8 Å². The van der Waals surface area contributed by atoms with Crippen LogP contribution in [-0.4, -0.2) is 0 Å². The van der Waals surface area contributed by atoms with Crippen molar-refractivity contribution in [3.8, 4) is 11.3 Å². The summed E-state index contributed by atoms with van der Waals surface area (Å²) in [7, 11) is 2.15. The summed E-state index contributed by atoms with van der Waals surface area (Å²) in [6, 6.07) is 13.6. The molecule has 0 bridgehead atoms. The van der Waals surface area contributed by atoms with Gasteiger partial charge in [-0.05, 0) is 60.9 Å². The number of rotatable bonds is 2. The van der Waals surface area contributed by atoms with E-state index in [4.69, 9.17) is 0 Å². The number of hydrogen-bond donors (Lipinski definition) is 0. The van der Waals surface area contributed by atoms with Crippen molar-refractivity contribution in [3.63, 3.8) is 0 Å². The van der Waals surface area contributed by atoms with E-state index in [-0.39, 0.29) is 0 Å². The molecule has 0 N–H and O–H groups in total. The van der Waals surface area contributed by atoms with E-state index in [1.165, 1.54) is 44.3 Å². The molecule has 1 nitrogen and oxygen atoms in total. The van der Waals surface area contributed by atoms with E-state index in [0.717, 1.165) is 0 Å². The van der Waals surface area contributed by atoms with Gasteiger partial charge in [-0.1, -0.05) is 37.6 Å². The second kappa shape index (κ2) is 5.81. The smallest absolute Gasteiger partial charge is 0.200 e. The highest BCUT2D eigenvalue weighted by molar-refractivity contribution is 5.94. The fourth-order valence-corrected chi connectivity index (χ4v) is 3.28. The second-order valence-electron chi connectivity index (χ2n) is 7.03. The molecule has 0 amide bonds. The van der Waals surface area contributed by atoms with Gasteiger partial charge in [0.25, 0.3) is 0 Å². The first kappa shape index (κ1) is 15.7. The lowest BCUT2D eigenvalue weighted by molar-refractivity contribution is -0.659. The summed E-state index contributed by atoms with van der Waals surface area (Å²) in [5.41, 5.74) is 8.13. The average molecular weight is 304 g/mol. The van der Waals surface area contributed by atoms with Gasteiger partial charge in [0.1, 0.15) is 7.05 Å². The van der Waals surface area contributed by atoms with Crippen LogP contribution in [0.3, 0.4) is 0 Å². The van der Waals surface area contributed by atoms with Crippen molar-refractivity contribution in [1.82, 2.24) is 0 Å². The van der Waals surface area contributed by atoms with Gasteiger partial charge in [0.2, 0.25) is 5.69 Å². The molecule has 1 heterocycles. The van der Waals surface area contributed by atoms with E-state index in [1.807, 2.05) is 0 Å². The number of fused-ring (bicyclic) bond motifs is 1. The minimum atomic E-state index is 0.537. The lowest BCUT2D eigenvalue weighted by atomic mass is 9.90. The van der Waals surface area contributed by atoms with Crippen LogP contribution < -0.4 is 4.57 Å². The maximum absolute atomic E-state index is 2.38. The largest absolute Gasteiger partial charge is 0.220 e. The molecule has 0 saturated carbocycles. The Labute approximate surface area is 139 Å². The molecule has 1 aromatic heterocycles. The molecule has 118 valence electrons. The van der Waals surface area contributed by atoms with E-state index in [1.54, 1.807) is 0 Å². The third-order valence-corrected chi connectivity index (χ3v) is 4.91. The van der Waals surface area contributed by atoms with Crippen molar-refractivity contribution in [1.29, 1.82) is 0 Å². The Morgan fingerprint density at radius 3 is 2.35 bits per heavy atom. The van der Waals surface area contributed by atoms with Gasteiger partial charge in [-0.15, -0.1) is 0 Å². The number of aromatic nitrogens is 1. The monoisotopic (exact) mass is 304 g/mol. The normalized spacial score (nSPS) is 11.4. The van der Waals surface area contributed by atoms with Crippen molar-refractivity contribution in [2.45, 2.75) is 40.5 Å². The van der Waals surface area contributed by atoms with Gasteiger partial charge in [0, 0.05) is 6.07 Å². The second-order valence-corrected chi connectivity index (χ2v) is 7.03. The van der Waals surface area contributed by atoms with E-state index in [0.29, 0.717) is 5.92 Å². The van der Waals surface area contributed by atoms with E-state index < -0.39 is 0 Å². The summed E-state index contributed by atoms with van der Waals surface area (Å²) in [4.78, 5) is 0. The standard InChI is InChI=1S/C22H26N/c1-14(2)19-12-16(4)17(5)20(13-19)22-21-11-15(3)7-8-18(21)9-10-23(22)6/h7-14H,1-6H3/q+1. The van der Waals surface area contributed by atoms with Crippen molar-refractivity contribution < 1.29 is 4.57 Å². The molecular formula is C22H26N+. The Morgan fingerprint density at radius 2 is 1.65 bits per heavy atom. The number of aryl methyl sites for hydroxylation is 3. The van der Waals surface area contributed by atoms with Crippen molar-refractivity contribution in [3.05, 3.63) is 64.8 Å². The van der Waals surface area contributed by atoms with Gasteiger partial charge in [-0.2, -0.15) is 0 Å². The predicted molar refractivity (Wildman–Crippen MR) is 98.9 cm³/mol. The number of benzene rings is 2. The first-order valence-corrected chi connectivity index (χ1v) is 8.39. The zero-order chi connectivity index (χ0) is 16.7. The van der Waals surface area contributed by atoms with Crippen LogP contribution >= 0.6 is 0 Å². The van der Waals surface area contributed by atoms with Gasteiger partial charge in [0.05, 0.1) is 10.9 Å². The molecule has 0 aliphatic heterocycles. The van der Waals surface area contributed by atoms with Gasteiger partial charge in [-0.25, -0.2) is 4.57 Å². The zero-order valence-corrected chi connectivity index (χ0v) is 15.1. The highest BCUT2D eigenvalue weighted by atomic mass is 14.9. The molecule has 0 saturated heterocycles. The summed E-state index contributed by atoms with van der Waals surface area (Å²) in [5.74, 6) is 0.537. The molecule has 0 spiro atoms. The summed E-state index contributed by atoms with van der Waals surface area (Å²) < 4.78 is 2.26. The van der Waals surface area contributed by atoms with Crippen molar-refractivity contribution in [2.24, 2.45) is 7.05 Å². The molecule has 23 heavy (non-hydrogen) atoms. The third-order valence-electron chi connectivity index (χ3n) is 4.91. The summed E-state index contributed by atoms with van der Waals surface area (Å²) in [5, 5.41) is 2.63. The minimum absolute atomic E-state index is 0.537. The summed E-state index contributed by atoms with van der Waals surface area (Å²) in [6.07, 6.45) is 2.17. The molecule has 0 unspecified atom stereocenters. The molecule has 3 rings (SSSR count). The van der Waals surface area contributed by atoms with Crippen molar-refractivity contribution in [2.75, 3.05) is 0 Å². The van der Waals surface area contributed by atoms with Gasteiger partial charge >= 0.3 is 0 Å². The zero-order valence-electron chi connectivity index (χ0n) is 15.1. The predicted octanol–water partition coefficient (Wildman–Crippen LogP) is 5.38. The highest BCUT2D eigenvalue weighted by Gasteiger charge is 2.19. The van der Waals surface area contributed by atoms with Crippen LogP contribution in [0.1, 0.15) is 42.0 Å². The fraction of sp³-hybridized carbons (Fsp3) is 0.318. The molecule has 0 atom stereocenters. The number of pyridine rings is 1. The topological polar surface area (TPSA) is 3.88 Å². The Balaban J connectivity index is 2.41. The fourth-order valence-electron chi connectivity index (χ4n) is 3.28. The third kappa shape index (κ3) is 2.76. The molecular weight excluding hydrogens is 278 g/mol. The molecule has 0 aliphatic carbocycles.